The Morgan fingerprint density at radius 3 is 3.07 bits per heavy atom. The molecule has 78 valence electrons. The van der Waals surface area contributed by atoms with Crippen LogP contribution in [0.3, 0.4) is 0 Å². The number of thiazole rings is 1. The van der Waals surface area contributed by atoms with Crippen molar-refractivity contribution in [2.45, 2.75) is 31.8 Å². The molecule has 0 aromatic carbocycles. The molecule has 1 aliphatic carbocycles. The van der Waals surface area contributed by atoms with Crippen LogP contribution in [0.5, 0.6) is 0 Å². The Kier molecular flexibility index (Phi) is 2.85. The smallest absolute Gasteiger partial charge is 0.0795 e. The van der Waals surface area contributed by atoms with Crippen molar-refractivity contribution in [3.8, 4) is 0 Å². The van der Waals surface area contributed by atoms with Gasteiger partial charge >= 0.3 is 0 Å². The SMILES string of the molecule is CC(N)(CNCc1cscn1)C1CC1. The minimum Gasteiger partial charge on any atom is -0.324 e. The Labute approximate surface area is 88.7 Å². The average Bonchev–Trinajstić information content (AvgIpc) is 2.87. The molecule has 0 bridgehead atoms. The van der Waals surface area contributed by atoms with Crippen molar-refractivity contribution in [1.29, 1.82) is 0 Å². The predicted octanol–water partition coefficient (Wildman–Crippen LogP) is 1.36. The van der Waals surface area contributed by atoms with Crippen molar-refractivity contribution in [3.05, 3.63) is 16.6 Å². The van der Waals surface area contributed by atoms with Crippen LogP contribution in [0.15, 0.2) is 10.9 Å². The van der Waals surface area contributed by atoms with Crippen LogP contribution in [-0.2, 0) is 6.54 Å². The quantitative estimate of drug-likeness (QED) is 0.773. The van der Waals surface area contributed by atoms with Crippen LogP contribution in [0.4, 0.5) is 0 Å². The van der Waals surface area contributed by atoms with E-state index >= 15 is 0 Å². The van der Waals surface area contributed by atoms with Gasteiger partial charge in [0.15, 0.2) is 0 Å². The summed E-state index contributed by atoms with van der Waals surface area (Å²) in [5, 5.41) is 5.44. The molecule has 1 saturated carbocycles. The maximum Gasteiger partial charge on any atom is 0.0795 e. The van der Waals surface area contributed by atoms with Gasteiger partial charge in [0.2, 0.25) is 0 Å². The third kappa shape index (κ3) is 2.53. The fourth-order valence-corrected chi connectivity index (χ4v) is 2.23. The molecular formula is C10H17N3S. The Bertz CT molecular complexity index is 278. The molecule has 3 N–H and O–H groups in total. The number of nitrogens with two attached hydrogens (primary N) is 1. The number of nitrogens with zero attached hydrogens (tertiary/aromatic N) is 1. The number of nitrogens with one attached hydrogen (secondary N) is 1. The highest BCUT2D eigenvalue weighted by molar-refractivity contribution is 7.07. The van der Waals surface area contributed by atoms with E-state index in [2.05, 4.69) is 22.6 Å². The van der Waals surface area contributed by atoms with E-state index in [1.807, 2.05) is 5.51 Å². The summed E-state index contributed by atoms with van der Waals surface area (Å²) in [4.78, 5) is 4.21. The second-order valence-corrected chi connectivity index (χ2v) is 5.08. The van der Waals surface area contributed by atoms with E-state index in [0.717, 1.165) is 24.7 Å². The zero-order valence-electron chi connectivity index (χ0n) is 8.49. The molecule has 1 unspecified atom stereocenters. The molecule has 1 fully saturated rings. The van der Waals surface area contributed by atoms with E-state index in [-0.39, 0.29) is 5.54 Å². The maximum atomic E-state index is 6.18. The van der Waals surface area contributed by atoms with E-state index in [0.29, 0.717) is 0 Å². The normalized spacial score (nSPS) is 20.7. The highest BCUT2D eigenvalue weighted by Crippen LogP contribution is 2.37. The molecule has 1 aliphatic rings. The summed E-state index contributed by atoms with van der Waals surface area (Å²) in [5.41, 5.74) is 9.12. The molecular weight excluding hydrogens is 194 g/mol. The molecule has 1 atom stereocenters. The summed E-state index contributed by atoms with van der Waals surface area (Å²) in [5.74, 6) is 0.727. The lowest BCUT2D eigenvalue weighted by Gasteiger charge is -2.24. The van der Waals surface area contributed by atoms with Crippen molar-refractivity contribution in [3.63, 3.8) is 0 Å². The molecule has 1 aromatic heterocycles. The highest BCUT2D eigenvalue weighted by Gasteiger charge is 2.37. The van der Waals surface area contributed by atoms with Gasteiger partial charge in [0.05, 0.1) is 11.2 Å². The van der Waals surface area contributed by atoms with Gasteiger partial charge in [-0.05, 0) is 25.7 Å². The Morgan fingerprint density at radius 1 is 1.71 bits per heavy atom. The van der Waals surface area contributed by atoms with Gasteiger partial charge in [-0.15, -0.1) is 11.3 Å². The van der Waals surface area contributed by atoms with E-state index in [1.165, 1.54) is 12.8 Å². The van der Waals surface area contributed by atoms with Gasteiger partial charge in [-0.25, -0.2) is 4.98 Å². The topological polar surface area (TPSA) is 50.9 Å². The van der Waals surface area contributed by atoms with Crippen LogP contribution in [0.25, 0.3) is 0 Å². The van der Waals surface area contributed by atoms with Crippen molar-refractivity contribution in [1.82, 2.24) is 10.3 Å². The van der Waals surface area contributed by atoms with Crippen LogP contribution in [0.2, 0.25) is 0 Å². The lowest BCUT2D eigenvalue weighted by Crippen LogP contribution is -2.47. The van der Waals surface area contributed by atoms with Gasteiger partial charge in [-0.3, -0.25) is 0 Å². The first-order valence-electron chi connectivity index (χ1n) is 5.05. The van der Waals surface area contributed by atoms with Crippen molar-refractivity contribution < 1.29 is 0 Å². The zero-order chi connectivity index (χ0) is 10.0. The average molecular weight is 211 g/mol. The number of hydrogen-bond donors (Lipinski definition) is 2. The van der Waals surface area contributed by atoms with E-state index in [4.69, 9.17) is 5.73 Å². The second-order valence-electron chi connectivity index (χ2n) is 4.36. The van der Waals surface area contributed by atoms with E-state index < -0.39 is 0 Å². The van der Waals surface area contributed by atoms with Crippen LogP contribution >= 0.6 is 11.3 Å². The highest BCUT2D eigenvalue weighted by atomic mass is 32.1. The Hall–Kier alpha value is -0.450. The molecule has 0 radical (unpaired) electrons. The fourth-order valence-electron chi connectivity index (χ4n) is 1.67. The first-order chi connectivity index (χ1) is 6.68. The van der Waals surface area contributed by atoms with Crippen LogP contribution in [0, 0.1) is 5.92 Å². The molecule has 0 spiro atoms. The second kappa shape index (κ2) is 3.96. The first kappa shape index (κ1) is 10.1. The van der Waals surface area contributed by atoms with Crippen molar-refractivity contribution >= 4 is 11.3 Å². The van der Waals surface area contributed by atoms with Gasteiger partial charge in [0.25, 0.3) is 0 Å². The Morgan fingerprint density at radius 2 is 2.50 bits per heavy atom. The molecule has 2 rings (SSSR count). The largest absolute Gasteiger partial charge is 0.324 e. The lowest BCUT2D eigenvalue weighted by molar-refractivity contribution is 0.379. The Balaban J connectivity index is 1.72. The number of hydrogen-bond acceptors (Lipinski definition) is 4. The standard InChI is InChI=1S/C10H17N3S/c1-10(11,8-2-3-8)6-12-4-9-5-14-7-13-9/h5,7-8,12H,2-4,6,11H2,1H3. The van der Waals surface area contributed by atoms with Crippen LogP contribution in [0.1, 0.15) is 25.5 Å². The molecule has 3 nitrogen and oxygen atoms in total. The van der Waals surface area contributed by atoms with Gasteiger partial charge in [-0.2, -0.15) is 0 Å². The van der Waals surface area contributed by atoms with Crippen molar-refractivity contribution in [2.75, 3.05) is 6.54 Å². The molecule has 0 aliphatic heterocycles. The molecule has 1 heterocycles. The maximum absolute atomic E-state index is 6.18. The molecule has 0 saturated heterocycles. The zero-order valence-corrected chi connectivity index (χ0v) is 9.31. The minimum absolute atomic E-state index is 0.0317. The first-order valence-corrected chi connectivity index (χ1v) is 5.99. The molecule has 4 heteroatoms. The third-order valence-corrected chi connectivity index (χ3v) is 3.44. The van der Waals surface area contributed by atoms with Gasteiger partial charge < -0.3 is 11.1 Å². The van der Waals surface area contributed by atoms with E-state index in [9.17, 15) is 0 Å². The predicted molar refractivity (Wildman–Crippen MR) is 59.1 cm³/mol. The van der Waals surface area contributed by atoms with Gasteiger partial charge in [-0.1, -0.05) is 0 Å². The van der Waals surface area contributed by atoms with Gasteiger partial charge in [0.1, 0.15) is 0 Å². The summed E-state index contributed by atoms with van der Waals surface area (Å²) in [6.07, 6.45) is 2.59. The fraction of sp³-hybridized carbons (Fsp3) is 0.700. The molecule has 0 amide bonds. The van der Waals surface area contributed by atoms with Gasteiger partial charge in [0, 0.05) is 24.0 Å². The number of aromatic nitrogens is 1. The summed E-state index contributed by atoms with van der Waals surface area (Å²) >= 11 is 1.63. The molecule has 14 heavy (non-hydrogen) atoms. The van der Waals surface area contributed by atoms with E-state index in [1.54, 1.807) is 11.3 Å². The molecule has 1 aromatic rings. The summed E-state index contributed by atoms with van der Waals surface area (Å²) in [7, 11) is 0. The van der Waals surface area contributed by atoms with Crippen molar-refractivity contribution in [2.24, 2.45) is 11.7 Å². The summed E-state index contributed by atoms with van der Waals surface area (Å²) in [6, 6.07) is 0. The summed E-state index contributed by atoms with van der Waals surface area (Å²) in [6.45, 7) is 3.86. The minimum atomic E-state index is -0.0317. The number of rotatable bonds is 5. The lowest BCUT2D eigenvalue weighted by atomic mass is 9.97. The monoisotopic (exact) mass is 211 g/mol. The third-order valence-electron chi connectivity index (χ3n) is 2.81. The summed E-state index contributed by atoms with van der Waals surface area (Å²) < 4.78 is 0. The van der Waals surface area contributed by atoms with Crippen LogP contribution < -0.4 is 11.1 Å². The van der Waals surface area contributed by atoms with Crippen LogP contribution in [-0.4, -0.2) is 17.1 Å².